The van der Waals surface area contributed by atoms with Crippen molar-refractivity contribution < 1.29 is 14.3 Å². The lowest BCUT2D eigenvalue weighted by atomic mass is 10.1. The van der Waals surface area contributed by atoms with E-state index in [9.17, 15) is 4.79 Å². The van der Waals surface area contributed by atoms with Crippen LogP contribution in [0.3, 0.4) is 0 Å². The molecule has 0 saturated carbocycles. The molecule has 2 heterocycles. The Morgan fingerprint density at radius 2 is 1.64 bits per heavy atom. The first kappa shape index (κ1) is 17.9. The molecule has 138 valence electrons. The van der Waals surface area contributed by atoms with Gasteiger partial charge in [-0.25, -0.2) is 4.79 Å². The van der Waals surface area contributed by atoms with Gasteiger partial charge in [0.15, 0.2) is 0 Å². The fourth-order valence-electron chi connectivity index (χ4n) is 3.33. The number of hydrogen-bond acceptors (Lipinski definition) is 5. The van der Waals surface area contributed by atoms with Crippen LogP contribution in [-0.4, -0.2) is 61.8 Å². The third-order valence-corrected chi connectivity index (χ3v) is 4.72. The molecule has 0 unspecified atom stereocenters. The number of methoxy groups -OCH3 is 1. The van der Waals surface area contributed by atoms with E-state index in [2.05, 4.69) is 29.0 Å². The molecule has 0 spiro atoms. The Hall–Kier alpha value is -1.95. The first-order chi connectivity index (χ1) is 11.8. The van der Waals surface area contributed by atoms with Crippen molar-refractivity contribution in [3.63, 3.8) is 0 Å². The van der Waals surface area contributed by atoms with Crippen LogP contribution >= 0.6 is 0 Å². The van der Waals surface area contributed by atoms with E-state index in [1.807, 2.05) is 20.8 Å². The summed E-state index contributed by atoms with van der Waals surface area (Å²) in [5.74, 6) is 0.884. The summed E-state index contributed by atoms with van der Waals surface area (Å²) < 4.78 is 11.1. The molecule has 0 radical (unpaired) electrons. The molecule has 0 aromatic heterocycles. The number of benzene rings is 1. The summed E-state index contributed by atoms with van der Waals surface area (Å²) in [6.45, 7) is 10.9. The van der Waals surface area contributed by atoms with Crippen molar-refractivity contribution in [3.05, 3.63) is 23.3 Å². The predicted molar refractivity (Wildman–Crippen MR) is 98.2 cm³/mol. The van der Waals surface area contributed by atoms with Gasteiger partial charge in [-0.15, -0.1) is 0 Å². The quantitative estimate of drug-likeness (QED) is 0.823. The third-order valence-electron chi connectivity index (χ3n) is 4.72. The highest BCUT2D eigenvalue weighted by Crippen LogP contribution is 2.36. The molecule has 2 aliphatic heterocycles. The molecule has 3 rings (SSSR count). The van der Waals surface area contributed by atoms with Gasteiger partial charge < -0.3 is 19.3 Å². The van der Waals surface area contributed by atoms with Gasteiger partial charge in [0, 0.05) is 39.3 Å². The third kappa shape index (κ3) is 4.00. The zero-order valence-corrected chi connectivity index (χ0v) is 16.0. The minimum Gasteiger partial charge on any atom is -0.495 e. The highest BCUT2D eigenvalue weighted by atomic mass is 16.6. The number of hydrogen-bond donors (Lipinski definition) is 0. The Labute approximate surface area is 150 Å². The van der Waals surface area contributed by atoms with Gasteiger partial charge in [-0.3, -0.25) is 4.90 Å². The molecule has 1 saturated heterocycles. The number of nitrogens with zero attached hydrogens (tertiary/aromatic N) is 3. The summed E-state index contributed by atoms with van der Waals surface area (Å²) in [6.07, 6.45) is -0.260. The summed E-state index contributed by atoms with van der Waals surface area (Å²) in [5.41, 5.74) is 2.97. The van der Waals surface area contributed by atoms with E-state index in [4.69, 9.17) is 9.47 Å². The molecule has 1 aromatic carbocycles. The van der Waals surface area contributed by atoms with Crippen LogP contribution in [0.5, 0.6) is 5.75 Å². The number of likely N-dealkylation sites (N-methyl/N-ethyl adjacent to an activating group) is 1. The summed E-state index contributed by atoms with van der Waals surface area (Å²) in [7, 11) is 3.86. The van der Waals surface area contributed by atoms with Gasteiger partial charge in [0.25, 0.3) is 0 Å². The van der Waals surface area contributed by atoms with Crippen LogP contribution in [-0.2, 0) is 17.8 Å². The standard InChI is InChI=1S/C19H29N3O3/c1-19(2,3)25-18(23)22-12-14-10-16(17(24-5)11-15(14)13-22)21-8-6-20(4)7-9-21/h10-11H,6-9,12-13H2,1-5H3. The van der Waals surface area contributed by atoms with Crippen LogP contribution in [0.25, 0.3) is 0 Å². The zero-order chi connectivity index (χ0) is 18.2. The molecule has 6 heteroatoms. The summed E-state index contributed by atoms with van der Waals surface area (Å²) >= 11 is 0. The van der Waals surface area contributed by atoms with E-state index in [0.717, 1.165) is 43.2 Å². The lowest BCUT2D eigenvalue weighted by Gasteiger charge is -2.35. The second-order valence-electron chi connectivity index (χ2n) is 7.92. The molecule has 6 nitrogen and oxygen atoms in total. The van der Waals surface area contributed by atoms with Crippen molar-refractivity contribution in [1.29, 1.82) is 0 Å². The lowest BCUT2D eigenvalue weighted by molar-refractivity contribution is 0.0242. The number of fused-ring (bicyclic) bond motifs is 1. The minimum atomic E-state index is -0.478. The monoisotopic (exact) mass is 347 g/mol. The van der Waals surface area contributed by atoms with E-state index < -0.39 is 5.60 Å². The van der Waals surface area contributed by atoms with Crippen molar-refractivity contribution in [2.45, 2.75) is 39.5 Å². The lowest BCUT2D eigenvalue weighted by Crippen LogP contribution is -2.44. The van der Waals surface area contributed by atoms with Gasteiger partial charge in [0.05, 0.1) is 12.8 Å². The Morgan fingerprint density at radius 1 is 1.04 bits per heavy atom. The molecular weight excluding hydrogens is 318 g/mol. The van der Waals surface area contributed by atoms with Gasteiger partial charge in [0.1, 0.15) is 11.4 Å². The van der Waals surface area contributed by atoms with Crippen molar-refractivity contribution in [1.82, 2.24) is 9.80 Å². The number of rotatable bonds is 2. The summed E-state index contributed by atoms with van der Waals surface area (Å²) in [4.78, 5) is 18.8. The molecule has 0 N–H and O–H groups in total. The number of amides is 1. The van der Waals surface area contributed by atoms with Crippen LogP contribution in [0.2, 0.25) is 0 Å². The van der Waals surface area contributed by atoms with E-state index >= 15 is 0 Å². The Morgan fingerprint density at radius 3 is 2.20 bits per heavy atom. The smallest absolute Gasteiger partial charge is 0.410 e. The molecule has 1 amide bonds. The minimum absolute atomic E-state index is 0.260. The number of ether oxygens (including phenoxy) is 2. The average Bonchev–Trinajstić information content (AvgIpc) is 2.96. The SMILES string of the molecule is COc1cc2c(cc1N1CCN(C)CC1)CN(C(=O)OC(C)(C)C)C2. The molecule has 0 aliphatic carbocycles. The van der Waals surface area contributed by atoms with Crippen LogP contribution < -0.4 is 9.64 Å². The number of anilines is 1. The number of piperazine rings is 1. The van der Waals surface area contributed by atoms with E-state index in [-0.39, 0.29) is 6.09 Å². The highest BCUT2D eigenvalue weighted by molar-refractivity contribution is 5.71. The Bertz CT molecular complexity index is 646. The number of carbonyl (C=O) groups excluding carboxylic acids is 1. The molecule has 25 heavy (non-hydrogen) atoms. The topological polar surface area (TPSA) is 45.2 Å². The molecule has 0 bridgehead atoms. The summed E-state index contributed by atoms with van der Waals surface area (Å²) in [6, 6.07) is 4.26. The molecular formula is C19H29N3O3. The predicted octanol–water partition coefficient (Wildman–Crippen LogP) is 2.70. The molecule has 1 fully saturated rings. The van der Waals surface area contributed by atoms with Crippen LogP contribution in [0.1, 0.15) is 31.9 Å². The maximum Gasteiger partial charge on any atom is 0.410 e. The maximum absolute atomic E-state index is 12.4. The molecule has 0 atom stereocenters. The fourth-order valence-corrected chi connectivity index (χ4v) is 3.33. The first-order valence-corrected chi connectivity index (χ1v) is 8.88. The Balaban J connectivity index is 1.79. The summed E-state index contributed by atoms with van der Waals surface area (Å²) in [5, 5.41) is 0. The van der Waals surface area contributed by atoms with Crippen molar-refractivity contribution in [2.24, 2.45) is 0 Å². The zero-order valence-electron chi connectivity index (χ0n) is 16.0. The van der Waals surface area contributed by atoms with Crippen LogP contribution in [0.4, 0.5) is 10.5 Å². The largest absolute Gasteiger partial charge is 0.495 e. The van der Waals surface area contributed by atoms with Gasteiger partial charge in [-0.1, -0.05) is 0 Å². The van der Waals surface area contributed by atoms with Gasteiger partial charge in [-0.2, -0.15) is 0 Å². The van der Waals surface area contributed by atoms with Gasteiger partial charge >= 0.3 is 6.09 Å². The average molecular weight is 347 g/mol. The van der Waals surface area contributed by atoms with Crippen molar-refractivity contribution >= 4 is 11.8 Å². The van der Waals surface area contributed by atoms with Crippen molar-refractivity contribution in [2.75, 3.05) is 45.2 Å². The normalized spacial score (nSPS) is 18.3. The van der Waals surface area contributed by atoms with Crippen molar-refractivity contribution in [3.8, 4) is 5.75 Å². The van der Waals surface area contributed by atoms with E-state index in [1.165, 1.54) is 5.56 Å². The first-order valence-electron chi connectivity index (χ1n) is 8.88. The van der Waals surface area contributed by atoms with E-state index in [0.29, 0.717) is 13.1 Å². The fraction of sp³-hybridized carbons (Fsp3) is 0.632. The van der Waals surface area contributed by atoms with Gasteiger partial charge in [0.2, 0.25) is 0 Å². The Kier molecular flexibility index (Phi) is 4.82. The molecule has 1 aromatic rings. The second-order valence-corrected chi connectivity index (χ2v) is 7.92. The molecule has 2 aliphatic rings. The van der Waals surface area contributed by atoms with Crippen LogP contribution in [0, 0.1) is 0 Å². The van der Waals surface area contributed by atoms with Crippen LogP contribution in [0.15, 0.2) is 12.1 Å². The highest BCUT2D eigenvalue weighted by Gasteiger charge is 2.30. The second kappa shape index (κ2) is 6.75. The number of carbonyl (C=O) groups is 1. The van der Waals surface area contributed by atoms with Gasteiger partial charge in [-0.05, 0) is 51.1 Å². The van der Waals surface area contributed by atoms with E-state index in [1.54, 1.807) is 12.0 Å². The maximum atomic E-state index is 12.4.